The third-order valence-corrected chi connectivity index (χ3v) is 6.96. The topological polar surface area (TPSA) is 130 Å². The summed E-state index contributed by atoms with van der Waals surface area (Å²) in [5.41, 5.74) is 13.6. The fraction of sp³-hybridized carbons (Fsp3) is 0.762. The van der Waals surface area contributed by atoms with E-state index in [1.165, 1.54) is 0 Å². The third kappa shape index (κ3) is 5.19. The molecular weight excluding hydrogens is 355 g/mol. The first-order valence-corrected chi connectivity index (χ1v) is 10.7. The number of unbranched alkanes of at least 4 members (excludes halogenated alkanes) is 1. The average molecular weight is 392 g/mol. The number of fused-ring (bicyclic) bond motifs is 1. The van der Waals surface area contributed by atoms with E-state index in [4.69, 9.17) is 21.5 Å². The zero-order valence-corrected chi connectivity index (χ0v) is 17.1. The number of carboxylic acid groups (broad SMARTS) is 1. The zero-order chi connectivity index (χ0) is 20.9. The molecule has 6 nitrogen and oxygen atoms in total. The van der Waals surface area contributed by atoms with Crippen LogP contribution in [0, 0.1) is 23.7 Å². The molecule has 7 N–H and O–H groups in total. The SMILES string of the molecule is C=C1CCC(/C(N)=C/CCC)CC[C@@H]2[C@H]1C[C@@](N)(C(=O)O)[C@H]2CCCB(O)O. The van der Waals surface area contributed by atoms with Crippen molar-refractivity contribution in [2.75, 3.05) is 0 Å². The molecule has 2 rings (SSSR count). The Hall–Kier alpha value is -1.31. The summed E-state index contributed by atoms with van der Waals surface area (Å²) in [7, 11) is -1.37. The number of allylic oxidation sites excluding steroid dienone is 3. The molecule has 5 atom stereocenters. The maximum Gasteiger partial charge on any atom is 0.451 e. The summed E-state index contributed by atoms with van der Waals surface area (Å²) in [4.78, 5) is 12.1. The number of carbonyl (C=O) groups is 1. The highest BCUT2D eigenvalue weighted by molar-refractivity contribution is 6.40. The largest absolute Gasteiger partial charge is 0.480 e. The summed E-state index contributed by atoms with van der Waals surface area (Å²) in [5.74, 6) is -0.564. The molecule has 28 heavy (non-hydrogen) atoms. The van der Waals surface area contributed by atoms with E-state index in [-0.39, 0.29) is 24.1 Å². The van der Waals surface area contributed by atoms with Crippen molar-refractivity contribution in [1.82, 2.24) is 0 Å². The Labute approximate surface area is 169 Å². The molecule has 7 heteroatoms. The first-order chi connectivity index (χ1) is 13.2. The molecule has 0 aliphatic heterocycles. The fourth-order valence-corrected chi connectivity index (χ4v) is 5.31. The predicted octanol–water partition coefficient (Wildman–Crippen LogP) is 2.66. The monoisotopic (exact) mass is 392 g/mol. The minimum absolute atomic E-state index is 0.118. The molecule has 0 radical (unpaired) electrons. The van der Waals surface area contributed by atoms with E-state index in [2.05, 4.69) is 19.6 Å². The highest BCUT2D eigenvalue weighted by Gasteiger charge is 2.55. The van der Waals surface area contributed by atoms with Crippen LogP contribution in [-0.4, -0.2) is 33.8 Å². The Balaban J connectivity index is 2.21. The van der Waals surface area contributed by atoms with Gasteiger partial charge < -0.3 is 26.6 Å². The molecule has 0 saturated heterocycles. The Morgan fingerprint density at radius 3 is 2.68 bits per heavy atom. The highest BCUT2D eigenvalue weighted by Crippen LogP contribution is 2.52. The summed E-state index contributed by atoms with van der Waals surface area (Å²) in [6.07, 6.45) is 9.60. The molecule has 0 aromatic carbocycles. The van der Waals surface area contributed by atoms with Crippen molar-refractivity contribution in [3.05, 3.63) is 23.9 Å². The average Bonchev–Trinajstić information content (AvgIpc) is 2.91. The standard InChI is InChI=1S/C21H37BN2O4/c1-3-4-7-19(23)15-9-8-14(2)17-13-21(24,20(25)26)18(16(17)11-10-15)6-5-12-22(27)28/h7,15-18,27-28H,2-6,8-13,23-24H2,1H3,(H,25,26)/b19-7-/t15?,16-,17+,18+,21+/m1/s1. The maximum absolute atomic E-state index is 12.1. The van der Waals surface area contributed by atoms with E-state index < -0.39 is 18.6 Å². The molecule has 0 heterocycles. The zero-order valence-electron chi connectivity index (χ0n) is 17.1. The molecular formula is C21H37BN2O4. The number of hydrogen-bond acceptors (Lipinski definition) is 5. The summed E-state index contributed by atoms with van der Waals surface area (Å²) in [5, 5.41) is 28.2. The molecule has 0 spiro atoms. The fourth-order valence-electron chi connectivity index (χ4n) is 5.31. The normalized spacial score (nSPS) is 33.9. The molecule has 2 saturated carbocycles. The number of carboxylic acids is 1. The van der Waals surface area contributed by atoms with Gasteiger partial charge in [-0.1, -0.05) is 38.0 Å². The number of hydrogen-bond donors (Lipinski definition) is 5. The van der Waals surface area contributed by atoms with Gasteiger partial charge in [-0.25, -0.2) is 0 Å². The van der Waals surface area contributed by atoms with Crippen LogP contribution >= 0.6 is 0 Å². The smallest absolute Gasteiger partial charge is 0.451 e. The number of aliphatic carboxylic acids is 1. The molecule has 0 aromatic heterocycles. The minimum Gasteiger partial charge on any atom is -0.480 e. The molecule has 2 aliphatic rings. The number of rotatable bonds is 8. The van der Waals surface area contributed by atoms with Crippen molar-refractivity contribution in [1.29, 1.82) is 0 Å². The van der Waals surface area contributed by atoms with Gasteiger partial charge in [-0.2, -0.15) is 0 Å². The lowest BCUT2D eigenvalue weighted by Gasteiger charge is -2.33. The van der Waals surface area contributed by atoms with E-state index >= 15 is 0 Å². The van der Waals surface area contributed by atoms with Gasteiger partial charge in [0.25, 0.3) is 0 Å². The lowest BCUT2D eigenvalue weighted by Crippen LogP contribution is -2.52. The van der Waals surface area contributed by atoms with Gasteiger partial charge in [0.15, 0.2) is 0 Å². The van der Waals surface area contributed by atoms with Gasteiger partial charge >= 0.3 is 13.1 Å². The Kier molecular flexibility index (Phi) is 8.16. The molecule has 158 valence electrons. The van der Waals surface area contributed by atoms with E-state index in [0.717, 1.165) is 49.8 Å². The van der Waals surface area contributed by atoms with Crippen LogP contribution in [0.4, 0.5) is 0 Å². The Bertz CT molecular complexity index is 595. The molecule has 2 aliphatic carbocycles. The van der Waals surface area contributed by atoms with Gasteiger partial charge in [0.1, 0.15) is 5.54 Å². The predicted molar refractivity (Wildman–Crippen MR) is 112 cm³/mol. The molecule has 0 aromatic rings. The van der Waals surface area contributed by atoms with Crippen LogP contribution in [0.3, 0.4) is 0 Å². The minimum atomic E-state index is -1.37. The van der Waals surface area contributed by atoms with Crippen molar-refractivity contribution in [2.45, 2.75) is 76.6 Å². The summed E-state index contributed by atoms with van der Waals surface area (Å²) < 4.78 is 0. The van der Waals surface area contributed by atoms with Crippen LogP contribution in [0.1, 0.15) is 64.7 Å². The van der Waals surface area contributed by atoms with Crippen LogP contribution in [0.5, 0.6) is 0 Å². The van der Waals surface area contributed by atoms with Crippen LogP contribution in [0.2, 0.25) is 6.32 Å². The first kappa shape index (κ1) is 23.0. The highest BCUT2D eigenvalue weighted by atomic mass is 16.4. The van der Waals surface area contributed by atoms with Gasteiger partial charge in [0.05, 0.1) is 0 Å². The van der Waals surface area contributed by atoms with Crippen molar-refractivity contribution >= 4 is 13.1 Å². The lowest BCUT2D eigenvalue weighted by atomic mass is 9.71. The summed E-state index contributed by atoms with van der Waals surface area (Å²) in [6.45, 7) is 6.43. The van der Waals surface area contributed by atoms with Crippen LogP contribution < -0.4 is 11.5 Å². The van der Waals surface area contributed by atoms with Gasteiger partial charge in [0.2, 0.25) is 0 Å². The van der Waals surface area contributed by atoms with Crippen molar-refractivity contribution in [2.24, 2.45) is 35.1 Å². The van der Waals surface area contributed by atoms with Gasteiger partial charge in [-0.05, 0) is 74.9 Å². The third-order valence-electron chi connectivity index (χ3n) is 6.96. The molecule has 0 bridgehead atoms. The lowest BCUT2D eigenvalue weighted by molar-refractivity contribution is -0.145. The summed E-state index contributed by atoms with van der Waals surface area (Å²) >= 11 is 0. The first-order valence-electron chi connectivity index (χ1n) is 10.7. The van der Waals surface area contributed by atoms with Gasteiger partial charge in [0, 0.05) is 5.70 Å². The van der Waals surface area contributed by atoms with Gasteiger partial charge in [-0.3, -0.25) is 4.79 Å². The maximum atomic E-state index is 12.1. The second kappa shape index (κ2) is 9.94. The quantitative estimate of drug-likeness (QED) is 0.319. The van der Waals surface area contributed by atoms with Crippen LogP contribution in [-0.2, 0) is 4.79 Å². The molecule has 1 unspecified atom stereocenters. The second-order valence-electron chi connectivity index (χ2n) is 8.80. The van der Waals surface area contributed by atoms with Crippen molar-refractivity contribution in [3.8, 4) is 0 Å². The molecule has 0 amide bonds. The Morgan fingerprint density at radius 2 is 2.07 bits per heavy atom. The van der Waals surface area contributed by atoms with E-state index in [1.54, 1.807) is 0 Å². The van der Waals surface area contributed by atoms with E-state index in [1.807, 2.05) is 0 Å². The van der Waals surface area contributed by atoms with Crippen LogP contribution in [0.15, 0.2) is 23.9 Å². The number of nitrogens with two attached hydrogens (primary N) is 2. The van der Waals surface area contributed by atoms with Crippen molar-refractivity contribution < 1.29 is 19.9 Å². The van der Waals surface area contributed by atoms with E-state index in [0.29, 0.717) is 25.2 Å². The summed E-state index contributed by atoms with van der Waals surface area (Å²) in [6, 6.07) is 0. The molecule has 2 fully saturated rings. The van der Waals surface area contributed by atoms with Gasteiger partial charge in [-0.15, -0.1) is 0 Å². The van der Waals surface area contributed by atoms with Crippen LogP contribution in [0.25, 0.3) is 0 Å². The Morgan fingerprint density at radius 1 is 1.36 bits per heavy atom. The van der Waals surface area contributed by atoms with Crippen molar-refractivity contribution in [3.63, 3.8) is 0 Å². The second-order valence-corrected chi connectivity index (χ2v) is 8.80. The van der Waals surface area contributed by atoms with E-state index in [9.17, 15) is 9.90 Å².